The summed E-state index contributed by atoms with van der Waals surface area (Å²) in [6.45, 7) is 3.10. The number of nitrogens with zero attached hydrogens (tertiary/aromatic N) is 3. The van der Waals surface area contributed by atoms with Crippen LogP contribution in [0.1, 0.15) is 31.4 Å². The van der Waals surface area contributed by atoms with Crippen LogP contribution in [0.3, 0.4) is 0 Å². The summed E-state index contributed by atoms with van der Waals surface area (Å²) in [6.07, 6.45) is -3.16. The van der Waals surface area contributed by atoms with Gasteiger partial charge >= 0.3 is 6.18 Å². The minimum atomic E-state index is -4.70. The molecule has 0 aliphatic carbocycles. The lowest BCUT2D eigenvalue weighted by Gasteiger charge is -2.11. The van der Waals surface area contributed by atoms with Gasteiger partial charge in [-0.2, -0.15) is 18.3 Å². The maximum Gasteiger partial charge on any atom is 0.417 e. The quantitative estimate of drug-likeness (QED) is 0.457. The third-order valence-corrected chi connectivity index (χ3v) is 6.07. The van der Waals surface area contributed by atoms with Crippen LogP contribution in [0, 0.1) is 0 Å². The fraction of sp³-hybridized carbons (Fsp3) is 0.333. The monoisotopic (exact) mass is 499 g/mol. The van der Waals surface area contributed by atoms with E-state index >= 15 is 0 Å². The minimum Gasteiger partial charge on any atom is -0.335 e. The third-order valence-electron chi connectivity index (χ3n) is 4.77. The normalized spacial score (nSPS) is 16.5. The van der Waals surface area contributed by atoms with Gasteiger partial charge in [0, 0.05) is 17.6 Å². The molecule has 1 aliphatic heterocycles. The van der Waals surface area contributed by atoms with Crippen LogP contribution in [0.25, 0.3) is 0 Å². The van der Waals surface area contributed by atoms with E-state index in [0.29, 0.717) is 28.6 Å². The molecule has 1 unspecified atom stereocenters. The number of nitrogens with one attached hydrogen (secondary N) is 2. The average Bonchev–Trinajstić information content (AvgIpc) is 3.22. The first-order valence-electron chi connectivity index (χ1n) is 9.95. The highest BCUT2D eigenvalue weighted by Crippen LogP contribution is 2.29. The molecule has 1 amide bonds. The van der Waals surface area contributed by atoms with Gasteiger partial charge in [-0.3, -0.25) is 14.6 Å². The highest BCUT2D eigenvalue weighted by molar-refractivity contribution is 8.14. The van der Waals surface area contributed by atoms with E-state index in [9.17, 15) is 22.8 Å². The Bertz CT molecular complexity index is 1150. The third kappa shape index (κ3) is 6.61. The van der Waals surface area contributed by atoms with Crippen LogP contribution in [-0.4, -0.2) is 33.1 Å². The number of hydrazone groups is 1. The number of carbonyl (C=O) groups is 1. The number of benzene rings is 1. The van der Waals surface area contributed by atoms with E-state index in [1.807, 2.05) is 24.3 Å². The molecule has 0 bridgehead atoms. The van der Waals surface area contributed by atoms with Gasteiger partial charge in [-0.15, -0.1) is 0 Å². The Morgan fingerprint density at radius 1 is 1.33 bits per heavy atom. The summed E-state index contributed by atoms with van der Waals surface area (Å²) in [5.74, 6) is 0.188. The number of thioether (sulfide) groups is 1. The second-order valence-corrected chi connectivity index (χ2v) is 8.67. The molecule has 0 saturated heterocycles. The second kappa shape index (κ2) is 10.4. The summed E-state index contributed by atoms with van der Waals surface area (Å²) < 4.78 is 39.4. The Hall–Kier alpha value is -2.79. The van der Waals surface area contributed by atoms with Crippen LogP contribution in [0.5, 0.6) is 0 Å². The summed E-state index contributed by atoms with van der Waals surface area (Å²) in [5.41, 5.74) is 2.28. The van der Waals surface area contributed by atoms with E-state index in [4.69, 9.17) is 11.6 Å². The average molecular weight is 500 g/mol. The maximum atomic E-state index is 12.9. The first-order valence-corrected chi connectivity index (χ1v) is 11.3. The second-order valence-electron chi connectivity index (χ2n) is 7.25. The smallest absolute Gasteiger partial charge is 0.335 e. The molecule has 0 saturated carbocycles. The number of halogens is 4. The number of hydrogen-bond donors (Lipinski definition) is 2. The number of amides is 1. The molecule has 7 nitrogen and oxygen atoms in total. The summed E-state index contributed by atoms with van der Waals surface area (Å²) in [7, 11) is 0. The van der Waals surface area contributed by atoms with Crippen LogP contribution in [-0.2, 0) is 17.5 Å². The van der Waals surface area contributed by atoms with Crippen molar-refractivity contribution in [3.63, 3.8) is 0 Å². The van der Waals surface area contributed by atoms with Crippen LogP contribution >= 0.6 is 23.4 Å². The zero-order chi connectivity index (χ0) is 24.2. The number of carbonyl (C=O) groups excluding carboxylic acids is 1. The largest absolute Gasteiger partial charge is 0.417 e. The predicted molar refractivity (Wildman–Crippen MR) is 125 cm³/mol. The zero-order valence-electron chi connectivity index (χ0n) is 17.7. The van der Waals surface area contributed by atoms with Gasteiger partial charge in [0.25, 0.3) is 11.5 Å². The van der Waals surface area contributed by atoms with E-state index in [-0.39, 0.29) is 0 Å². The number of aliphatic imine (C=N–C) groups is 1. The number of hydrogen-bond acceptors (Lipinski definition) is 6. The number of rotatable bonds is 6. The fourth-order valence-corrected chi connectivity index (χ4v) is 4.18. The van der Waals surface area contributed by atoms with Crippen molar-refractivity contribution in [2.75, 3.05) is 11.1 Å². The Morgan fingerprint density at radius 2 is 2.03 bits per heavy atom. The summed E-state index contributed by atoms with van der Waals surface area (Å²) >= 11 is 7.26. The standard InChI is InChI=1S/C21H21ClF3N5O2S/c1-3-15-11-33-20(26-15)27-16-6-4-13(5-7-16)12(2)28-29-18(31)10-30-9-14(21(23,24)25)8-17(22)19(30)32/h4-9,15H,3,10-11H2,1-2H3,(H,26,27)(H,29,31)/b28-12+. The molecule has 1 atom stereocenters. The van der Waals surface area contributed by atoms with Crippen molar-refractivity contribution in [2.24, 2.45) is 10.1 Å². The van der Waals surface area contributed by atoms with Crippen molar-refractivity contribution in [2.45, 2.75) is 39.0 Å². The van der Waals surface area contributed by atoms with Gasteiger partial charge in [0.05, 0.1) is 17.3 Å². The van der Waals surface area contributed by atoms with Gasteiger partial charge in [0.1, 0.15) is 11.6 Å². The molecule has 1 aliphatic rings. The van der Waals surface area contributed by atoms with Crippen LogP contribution in [0.15, 0.2) is 51.4 Å². The lowest BCUT2D eigenvalue weighted by Crippen LogP contribution is -2.31. The molecule has 0 spiro atoms. The molecule has 3 rings (SSSR count). The molecule has 176 valence electrons. The van der Waals surface area contributed by atoms with Gasteiger partial charge < -0.3 is 9.88 Å². The van der Waals surface area contributed by atoms with Crippen LogP contribution < -0.4 is 16.3 Å². The summed E-state index contributed by atoms with van der Waals surface area (Å²) in [5, 5.41) is 7.47. The summed E-state index contributed by atoms with van der Waals surface area (Å²) in [4.78, 5) is 28.7. The minimum absolute atomic E-state index is 0.331. The SMILES string of the molecule is CCC1CSC(Nc2ccc(/C(C)=N/NC(=O)Cn3cc(C(F)(F)F)cc(Cl)c3=O)cc2)=N1. The van der Waals surface area contributed by atoms with E-state index in [1.165, 1.54) is 0 Å². The molecule has 2 N–H and O–H groups in total. The van der Waals surface area contributed by atoms with Crippen molar-refractivity contribution in [3.05, 3.63) is 63.0 Å². The molecule has 1 aromatic heterocycles. The van der Waals surface area contributed by atoms with Gasteiger partial charge in [-0.05, 0) is 37.1 Å². The molecule has 12 heteroatoms. The molecule has 0 fully saturated rings. The van der Waals surface area contributed by atoms with Crippen molar-refractivity contribution < 1.29 is 18.0 Å². The van der Waals surface area contributed by atoms with Crippen LogP contribution in [0.4, 0.5) is 18.9 Å². The van der Waals surface area contributed by atoms with E-state index < -0.39 is 34.8 Å². The number of aromatic nitrogens is 1. The first-order chi connectivity index (χ1) is 15.6. The Kier molecular flexibility index (Phi) is 7.85. The Labute approximate surface area is 197 Å². The van der Waals surface area contributed by atoms with Crippen molar-refractivity contribution in [1.29, 1.82) is 0 Å². The van der Waals surface area contributed by atoms with Crippen LogP contribution in [0.2, 0.25) is 5.02 Å². The van der Waals surface area contributed by atoms with Crippen molar-refractivity contribution >= 4 is 45.8 Å². The lowest BCUT2D eigenvalue weighted by atomic mass is 10.1. The number of alkyl halides is 3. The number of pyridine rings is 1. The van der Waals surface area contributed by atoms with Crippen molar-refractivity contribution in [1.82, 2.24) is 9.99 Å². The maximum absolute atomic E-state index is 12.9. The molecule has 2 aromatic rings. The van der Waals surface area contributed by atoms with Gasteiger partial charge in [-0.25, -0.2) is 5.43 Å². The fourth-order valence-electron chi connectivity index (χ4n) is 2.88. The Morgan fingerprint density at radius 3 is 2.64 bits per heavy atom. The summed E-state index contributed by atoms with van der Waals surface area (Å²) in [6, 6.07) is 8.17. The molecule has 2 heterocycles. The molecular formula is C21H21ClF3N5O2S. The van der Waals surface area contributed by atoms with Gasteiger partial charge in [-0.1, -0.05) is 42.4 Å². The number of anilines is 1. The zero-order valence-corrected chi connectivity index (χ0v) is 19.3. The van der Waals surface area contributed by atoms with E-state index in [2.05, 4.69) is 27.8 Å². The molecule has 1 aromatic carbocycles. The van der Waals surface area contributed by atoms with E-state index in [1.54, 1.807) is 18.7 Å². The number of amidine groups is 1. The predicted octanol–water partition coefficient (Wildman–Crippen LogP) is 4.35. The Balaban J connectivity index is 1.62. The van der Waals surface area contributed by atoms with Crippen molar-refractivity contribution in [3.8, 4) is 0 Å². The topological polar surface area (TPSA) is 87.9 Å². The van der Waals surface area contributed by atoms with Gasteiger partial charge in [0.2, 0.25) is 0 Å². The molecule has 33 heavy (non-hydrogen) atoms. The van der Waals surface area contributed by atoms with E-state index in [0.717, 1.165) is 28.6 Å². The lowest BCUT2D eigenvalue weighted by molar-refractivity contribution is -0.138. The highest BCUT2D eigenvalue weighted by atomic mass is 35.5. The van der Waals surface area contributed by atoms with Gasteiger partial charge in [0.15, 0.2) is 5.17 Å². The first kappa shape index (κ1) is 24.8. The highest BCUT2D eigenvalue weighted by Gasteiger charge is 2.32. The molecule has 0 radical (unpaired) electrons. The molecular weight excluding hydrogens is 479 g/mol.